The van der Waals surface area contributed by atoms with Crippen LogP contribution in [0.5, 0.6) is 0 Å². The normalized spacial score (nSPS) is 25.4. The highest BCUT2D eigenvalue weighted by Gasteiger charge is 2.26. The van der Waals surface area contributed by atoms with Crippen molar-refractivity contribution in [3.8, 4) is 11.8 Å². The fraction of sp³-hybridized carbons (Fsp3) is 0.474. The Morgan fingerprint density at radius 2 is 2.05 bits per heavy atom. The van der Waals surface area contributed by atoms with Crippen molar-refractivity contribution < 1.29 is 9.52 Å². The van der Waals surface area contributed by atoms with Gasteiger partial charge in [0.25, 0.3) is 0 Å². The van der Waals surface area contributed by atoms with E-state index >= 15 is 0 Å². The van der Waals surface area contributed by atoms with Gasteiger partial charge in [-0.05, 0) is 44.7 Å². The average molecular weight is 284 g/mol. The van der Waals surface area contributed by atoms with Gasteiger partial charge in [-0.1, -0.05) is 30.2 Å². The Kier molecular flexibility index (Phi) is 4.75. The Morgan fingerprint density at radius 3 is 2.67 bits per heavy atom. The summed E-state index contributed by atoms with van der Waals surface area (Å²) < 4.78 is 6.04. The number of aryl methyl sites for hydroxylation is 1. The van der Waals surface area contributed by atoms with Gasteiger partial charge in [0.1, 0.15) is 17.6 Å². The molecule has 0 aromatic carbocycles. The standard InChI is InChI=1S/C19H24O2/c1-12(2)15-8-6-7-9-16(20)19(13(3)4)18-10-14(5)17(11-15)21-18/h10,15-16,19-20H,1,3,6,8,11H2,2,4-5H3/t15-,16-,19-/m1/s1. The van der Waals surface area contributed by atoms with Crippen molar-refractivity contribution in [2.75, 3.05) is 0 Å². The van der Waals surface area contributed by atoms with Crippen LogP contribution >= 0.6 is 0 Å². The van der Waals surface area contributed by atoms with Crippen LogP contribution in [0.3, 0.4) is 0 Å². The van der Waals surface area contributed by atoms with E-state index in [1.807, 2.05) is 13.0 Å². The first-order valence-electron chi connectivity index (χ1n) is 7.46. The van der Waals surface area contributed by atoms with E-state index in [4.69, 9.17) is 4.42 Å². The lowest BCUT2D eigenvalue weighted by atomic mass is 9.89. The molecule has 3 atom stereocenters. The smallest absolute Gasteiger partial charge is 0.128 e. The van der Waals surface area contributed by atoms with E-state index in [0.717, 1.165) is 47.5 Å². The number of hydrogen-bond acceptors (Lipinski definition) is 2. The second kappa shape index (κ2) is 6.37. The third-order valence-corrected chi connectivity index (χ3v) is 4.19. The predicted molar refractivity (Wildman–Crippen MR) is 86.0 cm³/mol. The van der Waals surface area contributed by atoms with Gasteiger partial charge >= 0.3 is 0 Å². The van der Waals surface area contributed by atoms with E-state index < -0.39 is 6.10 Å². The molecule has 1 aromatic heterocycles. The molecule has 0 spiro atoms. The number of fused-ring (bicyclic) bond motifs is 2. The number of furan rings is 1. The maximum Gasteiger partial charge on any atom is 0.128 e. The third kappa shape index (κ3) is 3.49. The van der Waals surface area contributed by atoms with Gasteiger partial charge in [-0.25, -0.2) is 0 Å². The molecule has 21 heavy (non-hydrogen) atoms. The van der Waals surface area contributed by atoms with Crippen LogP contribution in [0, 0.1) is 24.7 Å². The highest BCUT2D eigenvalue weighted by molar-refractivity contribution is 5.31. The van der Waals surface area contributed by atoms with Gasteiger partial charge < -0.3 is 9.52 Å². The molecular weight excluding hydrogens is 260 g/mol. The van der Waals surface area contributed by atoms with Crippen molar-refractivity contribution in [3.63, 3.8) is 0 Å². The summed E-state index contributed by atoms with van der Waals surface area (Å²) in [7, 11) is 0. The van der Waals surface area contributed by atoms with Gasteiger partial charge in [-0.15, -0.1) is 5.92 Å². The molecule has 1 aliphatic rings. The topological polar surface area (TPSA) is 33.4 Å². The molecule has 0 fully saturated rings. The summed E-state index contributed by atoms with van der Waals surface area (Å²) in [5.41, 5.74) is 3.15. The number of aliphatic hydroxyl groups excluding tert-OH is 1. The van der Waals surface area contributed by atoms with Crippen LogP contribution < -0.4 is 0 Å². The van der Waals surface area contributed by atoms with Crippen LogP contribution in [-0.2, 0) is 6.42 Å². The largest absolute Gasteiger partial charge is 0.465 e. The second-order valence-electron chi connectivity index (χ2n) is 6.13. The maximum atomic E-state index is 10.3. The Labute approximate surface area is 127 Å². The van der Waals surface area contributed by atoms with Crippen LogP contribution in [0.2, 0.25) is 0 Å². The highest BCUT2D eigenvalue weighted by Crippen LogP contribution is 2.33. The van der Waals surface area contributed by atoms with E-state index in [9.17, 15) is 5.11 Å². The van der Waals surface area contributed by atoms with Crippen molar-refractivity contribution in [2.45, 2.75) is 52.1 Å². The van der Waals surface area contributed by atoms with Crippen LogP contribution in [0.1, 0.15) is 49.7 Å². The molecule has 2 rings (SSSR count). The van der Waals surface area contributed by atoms with E-state index in [1.165, 1.54) is 0 Å². The van der Waals surface area contributed by atoms with Crippen molar-refractivity contribution >= 4 is 0 Å². The number of aliphatic hydroxyl groups is 1. The molecule has 2 heterocycles. The molecule has 0 saturated heterocycles. The van der Waals surface area contributed by atoms with Crippen LogP contribution in [0.25, 0.3) is 0 Å². The number of rotatable bonds is 2. The number of hydrogen-bond donors (Lipinski definition) is 1. The zero-order valence-corrected chi connectivity index (χ0v) is 13.2. The zero-order chi connectivity index (χ0) is 15.6. The highest BCUT2D eigenvalue weighted by atomic mass is 16.3. The number of allylic oxidation sites excluding steroid dienone is 1. The molecular formula is C19H24O2. The fourth-order valence-electron chi connectivity index (χ4n) is 2.82. The van der Waals surface area contributed by atoms with Crippen LogP contribution in [-0.4, -0.2) is 11.2 Å². The molecule has 0 radical (unpaired) electrons. The third-order valence-electron chi connectivity index (χ3n) is 4.19. The lowest BCUT2D eigenvalue weighted by molar-refractivity contribution is 0.200. The van der Waals surface area contributed by atoms with Crippen molar-refractivity contribution in [1.82, 2.24) is 0 Å². The summed E-state index contributed by atoms with van der Waals surface area (Å²) in [5.74, 6) is 7.90. The Hall–Kier alpha value is -1.72. The van der Waals surface area contributed by atoms with Gasteiger partial charge in [-0.3, -0.25) is 0 Å². The predicted octanol–water partition coefficient (Wildman–Crippen LogP) is 4.14. The fourth-order valence-corrected chi connectivity index (χ4v) is 2.82. The Bertz CT molecular complexity index is 609. The summed E-state index contributed by atoms with van der Waals surface area (Å²) in [6.45, 7) is 14.1. The van der Waals surface area contributed by atoms with E-state index in [2.05, 4.69) is 38.8 Å². The average Bonchev–Trinajstić information content (AvgIpc) is 2.70. The molecule has 0 saturated carbocycles. The summed E-state index contributed by atoms with van der Waals surface area (Å²) in [5, 5.41) is 10.3. The minimum Gasteiger partial charge on any atom is -0.465 e. The first-order chi connectivity index (χ1) is 9.90. The van der Waals surface area contributed by atoms with Gasteiger partial charge in [0, 0.05) is 12.8 Å². The molecule has 2 heteroatoms. The van der Waals surface area contributed by atoms with Gasteiger partial charge in [0.15, 0.2) is 0 Å². The molecule has 112 valence electrons. The Balaban J connectivity index is 2.46. The maximum absolute atomic E-state index is 10.3. The molecule has 1 aliphatic heterocycles. The monoisotopic (exact) mass is 284 g/mol. The van der Waals surface area contributed by atoms with Crippen molar-refractivity contribution in [1.29, 1.82) is 0 Å². The van der Waals surface area contributed by atoms with Crippen LogP contribution in [0.15, 0.2) is 34.8 Å². The molecule has 1 N–H and O–H groups in total. The summed E-state index contributed by atoms with van der Waals surface area (Å²) >= 11 is 0. The van der Waals surface area contributed by atoms with Crippen molar-refractivity contribution in [3.05, 3.63) is 47.5 Å². The molecule has 0 aliphatic carbocycles. The van der Waals surface area contributed by atoms with Gasteiger partial charge in [-0.2, -0.15) is 0 Å². The minimum atomic E-state index is -0.762. The minimum absolute atomic E-state index is 0.258. The molecule has 2 bridgehead atoms. The lowest BCUT2D eigenvalue weighted by Crippen LogP contribution is -2.17. The van der Waals surface area contributed by atoms with Gasteiger partial charge in [0.2, 0.25) is 0 Å². The zero-order valence-electron chi connectivity index (χ0n) is 13.2. The lowest BCUT2D eigenvalue weighted by Gasteiger charge is -2.17. The first-order valence-corrected chi connectivity index (χ1v) is 7.46. The second-order valence-corrected chi connectivity index (χ2v) is 6.13. The van der Waals surface area contributed by atoms with E-state index in [-0.39, 0.29) is 5.92 Å². The molecule has 1 aromatic rings. The van der Waals surface area contributed by atoms with Gasteiger partial charge in [0.05, 0.1) is 5.92 Å². The first kappa shape index (κ1) is 15.7. The van der Waals surface area contributed by atoms with E-state index in [1.54, 1.807) is 0 Å². The summed E-state index contributed by atoms with van der Waals surface area (Å²) in [6.07, 6.45) is 1.80. The van der Waals surface area contributed by atoms with Crippen molar-refractivity contribution in [2.24, 2.45) is 5.92 Å². The Morgan fingerprint density at radius 1 is 1.33 bits per heavy atom. The van der Waals surface area contributed by atoms with E-state index in [0.29, 0.717) is 5.92 Å². The SMILES string of the molecule is C=C(C)[C@@H]1CCC#C[C@@H](O)[C@@H](C(=C)C)c2cc(C)c(o2)C1. The summed E-state index contributed by atoms with van der Waals surface area (Å²) in [6, 6.07) is 2.01. The molecule has 0 amide bonds. The van der Waals surface area contributed by atoms with Crippen LogP contribution in [0.4, 0.5) is 0 Å². The summed E-state index contributed by atoms with van der Waals surface area (Å²) in [4.78, 5) is 0. The molecule has 2 nitrogen and oxygen atoms in total. The quantitative estimate of drug-likeness (QED) is 0.654. The molecule has 0 unspecified atom stereocenters.